The molecule has 114 valence electrons. The Bertz CT molecular complexity index is 590. The van der Waals surface area contributed by atoms with Crippen molar-refractivity contribution < 1.29 is 4.39 Å². The van der Waals surface area contributed by atoms with E-state index < -0.39 is 0 Å². The van der Waals surface area contributed by atoms with Gasteiger partial charge < -0.3 is 5.32 Å². The predicted octanol–water partition coefficient (Wildman–Crippen LogP) is 4.65. The second kappa shape index (κ2) is 7.14. The van der Waals surface area contributed by atoms with E-state index in [2.05, 4.69) is 33.0 Å². The second-order valence-corrected chi connectivity index (χ2v) is 7.12. The van der Waals surface area contributed by atoms with Crippen molar-refractivity contribution >= 4 is 11.3 Å². The Morgan fingerprint density at radius 3 is 2.62 bits per heavy atom. The van der Waals surface area contributed by atoms with Gasteiger partial charge in [0, 0.05) is 23.0 Å². The van der Waals surface area contributed by atoms with Crippen molar-refractivity contribution in [3.8, 4) is 10.6 Å². The molecule has 0 amide bonds. The molecule has 0 atom stereocenters. The summed E-state index contributed by atoms with van der Waals surface area (Å²) in [5.74, 6) is 0.347. The van der Waals surface area contributed by atoms with Crippen molar-refractivity contribution in [1.82, 2.24) is 10.3 Å². The number of halogens is 1. The van der Waals surface area contributed by atoms with Gasteiger partial charge in [0.1, 0.15) is 10.8 Å². The molecule has 1 aromatic heterocycles. The van der Waals surface area contributed by atoms with Crippen LogP contribution in [0.15, 0.2) is 24.3 Å². The van der Waals surface area contributed by atoms with Crippen molar-refractivity contribution in [2.24, 2.45) is 5.92 Å². The van der Waals surface area contributed by atoms with Gasteiger partial charge in [-0.25, -0.2) is 9.37 Å². The fourth-order valence-corrected chi connectivity index (χ4v) is 3.15. The van der Waals surface area contributed by atoms with E-state index in [9.17, 15) is 4.39 Å². The van der Waals surface area contributed by atoms with Gasteiger partial charge in [0.15, 0.2) is 0 Å². The average Bonchev–Trinajstić information content (AvgIpc) is 2.78. The molecular weight excluding hydrogens is 283 g/mol. The van der Waals surface area contributed by atoms with E-state index in [1.165, 1.54) is 10.9 Å². The molecule has 0 fully saturated rings. The van der Waals surface area contributed by atoms with Crippen LogP contribution in [0.3, 0.4) is 0 Å². The molecule has 1 N–H and O–H groups in total. The van der Waals surface area contributed by atoms with Gasteiger partial charge in [0.05, 0.1) is 5.69 Å². The van der Waals surface area contributed by atoms with Crippen LogP contribution in [-0.4, -0.2) is 11.0 Å². The molecule has 2 nitrogen and oxygen atoms in total. The topological polar surface area (TPSA) is 24.9 Å². The molecule has 0 saturated carbocycles. The quantitative estimate of drug-likeness (QED) is 0.840. The zero-order chi connectivity index (χ0) is 15.4. The standard InChI is InChI=1S/C17H23FN2S/c1-11(2)8-15-16(10-19-12(3)4)21-17(20-15)13-6-5-7-14(18)9-13/h5-7,9,11-12,19H,8,10H2,1-4H3. The first-order valence-electron chi connectivity index (χ1n) is 7.43. The van der Waals surface area contributed by atoms with Crippen molar-refractivity contribution in [3.05, 3.63) is 40.7 Å². The van der Waals surface area contributed by atoms with Crippen LogP contribution >= 0.6 is 11.3 Å². The number of aromatic nitrogens is 1. The summed E-state index contributed by atoms with van der Waals surface area (Å²) in [5.41, 5.74) is 2.00. The molecule has 2 rings (SSSR count). The Hall–Kier alpha value is -1.26. The van der Waals surface area contributed by atoms with E-state index in [4.69, 9.17) is 4.98 Å². The van der Waals surface area contributed by atoms with Crippen LogP contribution in [0.25, 0.3) is 10.6 Å². The number of nitrogens with one attached hydrogen (secondary N) is 1. The molecule has 0 radical (unpaired) electrons. The van der Waals surface area contributed by atoms with Gasteiger partial charge in [0.25, 0.3) is 0 Å². The zero-order valence-electron chi connectivity index (χ0n) is 13.1. The first-order valence-corrected chi connectivity index (χ1v) is 8.25. The van der Waals surface area contributed by atoms with Crippen LogP contribution in [0.1, 0.15) is 38.3 Å². The average molecular weight is 306 g/mol. The Kier molecular flexibility index (Phi) is 5.48. The smallest absolute Gasteiger partial charge is 0.124 e. The fourth-order valence-electron chi connectivity index (χ4n) is 2.11. The molecule has 0 unspecified atom stereocenters. The van der Waals surface area contributed by atoms with Crippen LogP contribution in [0.4, 0.5) is 4.39 Å². The maximum absolute atomic E-state index is 13.4. The van der Waals surface area contributed by atoms with E-state index in [-0.39, 0.29) is 5.82 Å². The summed E-state index contributed by atoms with van der Waals surface area (Å²) >= 11 is 1.66. The Balaban J connectivity index is 2.30. The van der Waals surface area contributed by atoms with E-state index in [1.807, 2.05) is 6.07 Å². The van der Waals surface area contributed by atoms with Gasteiger partial charge in [-0.3, -0.25) is 0 Å². The summed E-state index contributed by atoms with van der Waals surface area (Å²) in [6, 6.07) is 7.11. The van der Waals surface area contributed by atoms with Gasteiger partial charge in [-0.05, 0) is 24.5 Å². The molecule has 0 aliphatic heterocycles. The largest absolute Gasteiger partial charge is 0.310 e. The summed E-state index contributed by atoms with van der Waals surface area (Å²) in [4.78, 5) is 6.01. The molecule has 0 bridgehead atoms. The molecule has 0 saturated heterocycles. The molecular formula is C17H23FN2S. The van der Waals surface area contributed by atoms with E-state index >= 15 is 0 Å². The number of hydrogen-bond acceptors (Lipinski definition) is 3. The van der Waals surface area contributed by atoms with Gasteiger partial charge >= 0.3 is 0 Å². The summed E-state index contributed by atoms with van der Waals surface area (Å²) in [6.07, 6.45) is 0.959. The highest BCUT2D eigenvalue weighted by Gasteiger charge is 2.14. The highest BCUT2D eigenvalue weighted by atomic mass is 32.1. The summed E-state index contributed by atoms with van der Waals surface area (Å²) < 4.78 is 13.4. The molecule has 4 heteroatoms. The molecule has 0 aliphatic carbocycles. The number of nitrogens with zero attached hydrogens (tertiary/aromatic N) is 1. The minimum absolute atomic E-state index is 0.213. The van der Waals surface area contributed by atoms with Crippen LogP contribution < -0.4 is 5.32 Å². The Labute approximate surface area is 130 Å². The molecule has 1 heterocycles. The minimum Gasteiger partial charge on any atom is -0.310 e. The highest BCUT2D eigenvalue weighted by Crippen LogP contribution is 2.30. The van der Waals surface area contributed by atoms with Crippen LogP contribution in [-0.2, 0) is 13.0 Å². The Morgan fingerprint density at radius 2 is 2.00 bits per heavy atom. The predicted molar refractivity (Wildman–Crippen MR) is 88.0 cm³/mol. The van der Waals surface area contributed by atoms with Crippen LogP contribution in [0.5, 0.6) is 0 Å². The van der Waals surface area contributed by atoms with Gasteiger partial charge in [-0.2, -0.15) is 0 Å². The molecule has 21 heavy (non-hydrogen) atoms. The number of thiazole rings is 1. The van der Waals surface area contributed by atoms with Crippen molar-refractivity contribution in [1.29, 1.82) is 0 Å². The van der Waals surface area contributed by atoms with E-state index in [0.717, 1.165) is 29.2 Å². The number of benzene rings is 1. The van der Waals surface area contributed by atoms with E-state index in [0.29, 0.717) is 12.0 Å². The fraction of sp³-hybridized carbons (Fsp3) is 0.471. The summed E-state index contributed by atoms with van der Waals surface area (Å²) in [5, 5.41) is 4.36. The summed E-state index contributed by atoms with van der Waals surface area (Å²) in [6.45, 7) is 9.49. The molecule has 1 aromatic carbocycles. The maximum atomic E-state index is 13.4. The van der Waals surface area contributed by atoms with Crippen molar-refractivity contribution in [3.63, 3.8) is 0 Å². The summed E-state index contributed by atoms with van der Waals surface area (Å²) in [7, 11) is 0. The first kappa shape index (κ1) is 16.1. The van der Waals surface area contributed by atoms with Crippen molar-refractivity contribution in [2.45, 2.75) is 46.7 Å². The lowest BCUT2D eigenvalue weighted by atomic mass is 10.1. The maximum Gasteiger partial charge on any atom is 0.124 e. The molecule has 0 spiro atoms. The SMILES string of the molecule is CC(C)Cc1nc(-c2cccc(F)c2)sc1CNC(C)C. The minimum atomic E-state index is -0.213. The van der Waals surface area contributed by atoms with Crippen molar-refractivity contribution in [2.75, 3.05) is 0 Å². The normalized spacial score (nSPS) is 11.6. The molecule has 0 aliphatic rings. The molecule has 2 aromatic rings. The lowest BCUT2D eigenvalue weighted by Crippen LogP contribution is -2.22. The van der Waals surface area contributed by atoms with Crippen LogP contribution in [0, 0.1) is 11.7 Å². The Morgan fingerprint density at radius 1 is 1.24 bits per heavy atom. The lowest BCUT2D eigenvalue weighted by molar-refractivity contribution is 0.581. The monoisotopic (exact) mass is 306 g/mol. The van der Waals surface area contributed by atoms with E-state index in [1.54, 1.807) is 23.5 Å². The van der Waals surface area contributed by atoms with Crippen LogP contribution in [0.2, 0.25) is 0 Å². The van der Waals surface area contributed by atoms with Gasteiger partial charge in [0.2, 0.25) is 0 Å². The van der Waals surface area contributed by atoms with Gasteiger partial charge in [-0.15, -0.1) is 11.3 Å². The highest BCUT2D eigenvalue weighted by molar-refractivity contribution is 7.15. The second-order valence-electron chi connectivity index (χ2n) is 6.03. The third-order valence-electron chi connectivity index (χ3n) is 3.12. The van der Waals surface area contributed by atoms with Gasteiger partial charge in [-0.1, -0.05) is 39.8 Å². The lowest BCUT2D eigenvalue weighted by Gasteiger charge is -2.08. The number of hydrogen-bond donors (Lipinski definition) is 1. The third-order valence-corrected chi connectivity index (χ3v) is 4.27. The third kappa shape index (κ3) is 4.61. The first-order chi connectivity index (χ1) is 9.95. The zero-order valence-corrected chi connectivity index (χ0v) is 13.9. The number of rotatable bonds is 6.